The van der Waals surface area contributed by atoms with Gasteiger partial charge in [0.2, 0.25) is 0 Å². The second-order valence-electron chi connectivity index (χ2n) is 8.92. The van der Waals surface area contributed by atoms with E-state index < -0.39 is 5.92 Å². The van der Waals surface area contributed by atoms with E-state index in [0.29, 0.717) is 33.3 Å². The van der Waals surface area contributed by atoms with Gasteiger partial charge in [0, 0.05) is 40.6 Å². The number of halogens is 2. The Balaban J connectivity index is 1.84. The summed E-state index contributed by atoms with van der Waals surface area (Å²) in [7, 11) is 0. The minimum absolute atomic E-state index is 0.0485. The average molecular weight is 455 g/mol. The number of amides is 1. The first-order valence-electron chi connectivity index (χ1n) is 10.2. The first-order valence-corrected chi connectivity index (χ1v) is 11.0. The highest BCUT2D eigenvalue weighted by Gasteiger charge is 2.42. The molecule has 1 aliphatic heterocycles. The van der Waals surface area contributed by atoms with Crippen LogP contribution in [0, 0.1) is 5.41 Å². The molecule has 1 amide bonds. The summed E-state index contributed by atoms with van der Waals surface area (Å²) >= 11 is 12.5. The number of anilines is 1. The van der Waals surface area contributed by atoms with Crippen LogP contribution < -0.4 is 10.6 Å². The SMILES string of the molecule is CC1=C(C(=O)Nc2ccccc2)C(c2ccc(Cl)c(Cl)c2)C2=C(CC(C)(C)CC2=O)N1. The number of rotatable bonds is 3. The zero-order valence-corrected chi connectivity index (χ0v) is 19.2. The van der Waals surface area contributed by atoms with Crippen molar-refractivity contribution in [2.75, 3.05) is 5.32 Å². The summed E-state index contributed by atoms with van der Waals surface area (Å²) in [6.07, 6.45) is 1.16. The molecule has 1 unspecified atom stereocenters. The lowest BCUT2D eigenvalue weighted by molar-refractivity contribution is -0.118. The fourth-order valence-corrected chi connectivity index (χ4v) is 4.79. The highest BCUT2D eigenvalue weighted by atomic mass is 35.5. The van der Waals surface area contributed by atoms with Crippen LogP contribution in [0.15, 0.2) is 71.1 Å². The molecule has 1 atom stereocenters. The van der Waals surface area contributed by atoms with Gasteiger partial charge in [-0.25, -0.2) is 0 Å². The minimum Gasteiger partial charge on any atom is -0.362 e. The van der Waals surface area contributed by atoms with Gasteiger partial charge in [0.05, 0.1) is 10.0 Å². The number of benzene rings is 2. The first kappa shape index (κ1) is 21.7. The maximum Gasteiger partial charge on any atom is 0.254 e. The third kappa shape index (κ3) is 4.28. The Kier molecular flexibility index (Phi) is 5.71. The molecule has 0 fully saturated rings. The van der Waals surface area contributed by atoms with E-state index in [2.05, 4.69) is 24.5 Å². The van der Waals surface area contributed by atoms with Crippen LogP contribution in [0.3, 0.4) is 0 Å². The zero-order chi connectivity index (χ0) is 22.3. The number of nitrogens with one attached hydrogen (secondary N) is 2. The summed E-state index contributed by atoms with van der Waals surface area (Å²) in [5.41, 5.74) is 4.08. The lowest BCUT2D eigenvalue weighted by atomic mass is 9.68. The van der Waals surface area contributed by atoms with Crippen LogP contribution in [0.4, 0.5) is 5.69 Å². The summed E-state index contributed by atoms with van der Waals surface area (Å²) in [6, 6.07) is 14.6. The fraction of sp³-hybridized carbons (Fsp3) is 0.280. The van der Waals surface area contributed by atoms with Crippen LogP contribution in [-0.4, -0.2) is 11.7 Å². The normalized spacial score (nSPS) is 20.3. The summed E-state index contributed by atoms with van der Waals surface area (Å²) in [5.74, 6) is -0.720. The molecule has 1 heterocycles. The van der Waals surface area contributed by atoms with E-state index >= 15 is 0 Å². The van der Waals surface area contributed by atoms with Crippen LogP contribution in [0.5, 0.6) is 0 Å². The average Bonchev–Trinajstić information content (AvgIpc) is 2.68. The second-order valence-corrected chi connectivity index (χ2v) is 9.74. The van der Waals surface area contributed by atoms with Crippen LogP contribution in [0.1, 0.15) is 45.1 Å². The van der Waals surface area contributed by atoms with Crippen LogP contribution in [0.25, 0.3) is 0 Å². The van der Waals surface area contributed by atoms with E-state index in [9.17, 15) is 9.59 Å². The largest absolute Gasteiger partial charge is 0.362 e. The lowest BCUT2D eigenvalue weighted by Crippen LogP contribution is -2.39. The van der Waals surface area contributed by atoms with E-state index in [4.69, 9.17) is 23.2 Å². The van der Waals surface area contributed by atoms with E-state index in [1.54, 1.807) is 12.1 Å². The Morgan fingerprint density at radius 3 is 2.45 bits per heavy atom. The van der Waals surface area contributed by atoms with E-state index in [1.165, 1.54) is 0 Å². The van der Waals surface area contributed by atoms with Gasteiger partial charge in [-0.15, -0.1) is 0 Å². The summed E-state index contributed by atoms with van der Waals surface area (Å²) < 4.78 is 0. The van der Waals surface area contributed by atoms with Crippen molar-refractivity contribution in [1.82, 2.24) is 5.32 Å². The molecule has 31 heavy (non-hydrogen) atoms. The van der Waals surface area contributed by atoms with E-state index in [0.717, 1.165) is 23.4 Å². The smallest absolute Gasteiger partial charge is 0.254 e. The van der Waals surface area contributed by atoms with Gasteiger partial charge in [-0.1, -0.05) is 61.3 Å². The van der Waals surface area contributed by atoms with Crippen molar-refractivity contribution in [3.05, 3.63) is 86.7 Å². The number of ketones is 1. The quantitative estimate of drug-likeness (QED) is 0.577. The Morgan fingerprint density at radius 1 is 1.06 bits per heavy atom. The number of para-hydroxylation sites is 1. The number of Topliss-reactive ketones (excluding diaryl/α,β-unsaturated/α-hetero) is 1. The van der Waals surface area contributed by atoms with Crippen molar-refractivity contribution >= 4 is 40.6 Å². The molecule has 0 aromatic heterocycles. The maximum absolute atomic E-state index is 13.4. The Morgan fingerprint density at radius 2 is 1.77 bits per heavy atom. The molecule has 1 aliphatic carbocycles. The molecule has 160 valence electrons. The van der Waals surface area contributed by atoms with Crippen molar-refractivity contribution in [1.29, 1.82) is 0 Å². The second kappa shape index (κ2) is 8.18. The monoisotopic (exact) mass is 454 g/mol. The third-order valence-corrected chi connectivity index (χ3v) is 6.53. The molecule has 6 heteroatoms. The molecule has 0 spiro atoms. The summed E-state index contributed by atoms with van der Waals surface area (Å²) in [4.78, 5) is 26.7. The van der Waals surface area contributed by atoms with Gasteiger partial charge in [-0.2, -0.15) is 0 Å². The van der Waals surface area contributed by atoms with Crippen LogP contribution in [-0.2, 0) is 9.59 Å². The van der Waals surface area contributed by atoms with Crippen molar-refractivity contribution < 1.29 is 9.59 Å². The number of allylic oxidation sites excluding steroid dienone is 3. The fourth-order valence-electron chi connectivity index (χ4n) is 4.48. The summed E-state index contributed by atoms with van der Waals surface area (Å²) in [5, 5.41) is 7.15. The van der Waals surface area contributed by atoms with Gasteiger partial charge >= 0.3 is 0 Å². The predicted octanol–water partition coefficient (Wildman–Crippen LogP) is 6.24. The van der Waals surface area contributed by atoms with E-state index in [1.807, 2.05) is 43.3 Å². The first-order chi connectivity index (χ1) is 14.7. The number of dihydropyridines is 1. The third-order valence-electron chi connectivity index (χ3n) is 5.79. The van der Waals surface area contributed by atoms with Gasteiger partial charge in [0.15, 0.2) is 5.78 Å². The zero-order valence-electron chi connectivity index (χ0n) is 17.7. The number of hydrogen-bond acceptors (Lipinski definition) is 3. The van der Waals surface area contributed by atoms with Crippen LogP contribution >= 0.6 is 23.2 Å². The van der Waals surface area contributed by atoms with Crippen LogP contribution in [0.2, 0.25) is 10.0 Å². The lowest BCUT2D eigenvalue weighted by Gasteiger charge is -2.39. The molecule has 0 radical (unpaired) electrons. The highest BCUT2D eigenvalue weighted by molar-refractivity contribution is 6.42. The maximum atomic E-state index is 13.4. The molecule has 2 aromatic rings. The van der Waals surface area contributed by atoms with Crippen molar-refractivity contribution in [3.63, 3.8) is 0 Å². The number of hydrogen-bond donors (Lipinski definition) is 2. The topological polar surface area (TPSA) is 58.2 Å². The minimum atomic E-state index is -0.515. The Labute approximate surface area is 192 Å². The summed E-state index contributed by atoms with van der Waals surface area (Å²) in [6.45, 7) is 6.04. The molecule has 0 saturated heterocycles. The molecule has 0 saturated carbocycles. The molecular formula is C25H24Cl2N2O2. The van der Waals surface area contributed by atoms with Crippen molar-refractivity contribution in [2.45, 2.75) is 39.5 Å². The molecular weight excluding hydrogens is 431 g/mol. The molecule has 2 aliphatic rings. The van der Waals surface area contributed by atoms with Crippen molar-refractivity contribution in [2.24, 2.45) is 5.41 Å². The molecule has 0 bridgehead atoms. The molecule has 4 nitrogen and oxygen atoms in total. The predicted molar refractivity (Wildman–Crippen MR) is 125 cm³/mol. The standard InChI is InChI=1S/C25H24Cl2N2O2/c1-14-21(24(31)29-16-7-5-4-6-8-16)22(15-9-10-17(26)18(27)11-15)23-19(28-14)12-25(2,3)13-20(23)30/h4-11,22,28H,12-13H2,1-3H3,(H,29,31). The molecule has 2 N–H and O–H groups in total. The van der Waals surface area contributed by atoms with Gasteiger partial charge in [-0.05, 0) is 48.6 Å². The van der Waals surface area contributed by atoms with Crippen molar-refractivity contribution in [3.8, 4) is 0 Å². The molecule has 4 rings (SSSR count). The van der Waals surface area contributed by atoms with Gasteiger partial charge in [-0.3, -0.25) is 9.59 Å². The number of carbonyl (C=O) groups excluding carboxylic acids is 2. The van der Waals surface area contributed by atoms with E-state index in [-0.39, 0.29) is 17.1 Å². The number of carbonyl (C=O) groups is 2. The Hall–Kier alpha value is -2.56. The van der Waals surface area contributed by atoms with Gasteiger partial charge in [0.25, 0.3) is 5.91 Å². The van der Waals surface area contributed by atoms with Gasteiger partial charge in [0.1, 0.15) is 0 Å². The van der Waals surface area contributed by atoms with Gasteiger partial charge < -0.3 is 10.6 Å². The molecule has 2 aromatic carbocycles. The Bertz CT molecular complexity index is 1130. The highest BCUT2D eigenvalue weighted by Crippen LogP contribution is 2.47.